The third-order valence-electron chi connectivity index (χ3n) is 2.67. The number of hydrogen-bond acceptors (Lipinski definition) is 5. The van der Waals surface area contributed by atoms with Gasteiger partial charge in [0.2, 0.25) is 0 Å². The molecule has 0 atom stereocenters. The van der Waals surface area contributed by atoms with Crippen LogP contribution in [0.3, 0.4) is 0 Å². The number of carbonyl (C=O) groups is 1. The molecule has 0 fully saturated rings. The molecule has 0 bridgehead atoms. The lowest BCUT2D eigenvalue weighted by Gasteiger charge is -2.15. The Morgan fingerprint density at radius 1 is 1.50 bits per heavy atom. The normalized spacial score (nSPS) is 11.4. The molecule has 2 rings (SSSR count). The highest BCUT2D eigenvalue weighted by atomic mass is 32.1. The number of rotatable bonds is 5. The minimum atomic E-state index is -0.945. The molecule has 2 N–H and O–H groups in total. The van der Waals surface area contributed by atoms with E-state index in [1.165, 1.54) is 16.2 Å². The highest BCUT2D eigenvalue weighted by Gasteiger charge is 2.32. The fourth-order valence-electron chi connectivity index (χ4n) is 1.33. The maximum Gasteiger partial charge on any atom is 0.315 e. The van der Waals surface area contributed by atoms with Gasteiger partial charge in [0.15, 0.2) is 5.13 Å². The Labute approximate surface area is 113 Å². The third kappa shape index (κ3) is 2.70. The molecular formula is C12H14N2O2S2. The number of thiazole rings is 1. The van der Waals surface area contributed by atoms with Crippen molar-refractivity contribution in [2.45, 2.75) is 25.8 Å². The van der Waals surface area contributed by atoms with Gasteiger partial charge in [0.1, 0.15) is 5.41 Å². The summed E-state index contributed by atoms with van der Waals surface area (Å²) >= 11 is 3.11. The van der Waals surface area contributed by atoms with Crippen LogP contribution in [0.4, 0.5) is 5.13 Å². The number of carboxylic acids is 1. The van der Waals surface area contributed by atoms with E-state index < -0.39 is 11.4 Å². The topological polar surface area (TPSA) is 62.2 Å². The molecule has 0 aliphatic rings. The van der Waals surface area contributed by atoms with Crippen LogP contribution in [0.5, 0.6) is 0 Å². The fraction of sp³-hybridized carbons (Fsp3) is 0.333. The van der Waals surface area contributed by atoms with E-state index in [0.29, 0.717) is 5.69 Å². The summed E-state index contributed by atoms with van der Waals surface area (Å²) in [6, 6.07) is 4.05. The number of aliphatic carboxylic acids is 1. The highest BCUT2D eigenvalue weighted by Crippen LogP contribution is 2.27. The van der Waals surface area contributed by atoms with Gasteiger partial charge in [0, 0.05) is 10.3 Å². The number of thiophene rings is 1. The van der Waals surface area contributed by atoms with Crippen LogP contribution in [0, 0.1) is 0 Å². The summed E-state index contributed by atoms with van der Waals surface area (Å²) < 4.78 is 0. The van der Waals surface area contributed by atoms with Gasteiger partial charge in [-0.1, -0.05) is 6.07 Å². The zero-order valence-corrected chi connectivity index (χ0v) is 11.8. The molecule has 0 aliphatic heterocycles. The van der Waals surface area contributed by atoms with Gasteiger partial charge in [-0.25, -0.2) is 4.98 Å². The molecular weight excluding hydrogens is 268 g/mol. The van der Waals surface area contributed by atoms with Crippen LogP contribution in [0.15, 0.2) is 22.9 Å². The van der Waals surface area contributed by atoms with Crippen LogP contribution < -0.4 is 5.32 Å². The van der Waals surface area contributed by atoms with Crippen LogP contribution in [0.2, 0.25) is 0 Å². The van der Waals surface area contributed by atoms with Crippen molar-refractivity contribution >= 4 is 33.8 Å². The van der Waals surface area contributed by atoms with Crippen molar-refractivity contribution in [2.75, 3.05) is 5.32 Å². The maximum absolute atomic E-state index is 11.1. The van der Waals surface area contributed by atoms with Gasteiger partial charge in [0.25, 0.3) is 0 Å². The molecule has 0 saturated heterocycles. The second kappa shape index (κ2) is 5.07. The Balaban J connectivity index is 2.04. The number of hydrogen-bond donors (Lipinski definition) is 2. The summed E-state index contributed by atoms with van der Waals surface area (Å²) in [4.78, 5) is 16.7. The first kappa shape index (κ1) is 13.0. The molecule has 18 heavy (non-hydrogen) atoms. The first-order chi connectivity index (χ1) is 8.50. The van der Waals surface area contributed by atoms with E-state index in [1.54, 1.807) is 30.6 Å². The number of aromatic nitrogens is 1. The molecule has 0 radical (unpaired) electrons. The number of nitrogens with one attached hydrogen (secondary N) is 1. The van der Waals surface area contributed by atoms with E-state index in [9.17, 15) is 4.79 Å². The lowest BCUT2D eigenvalue weighted by molar-refractivity contribution is -0.142. The van der Waals surface area contributed by atoms with Gasteiger partial charge in [-0.2, -0.15) is 0 Å². The SMILES string of the molecule is CC(C)(C(=O)O)c1csc(NCc2cccs2)n1. The average molecular weight is 282 g/mol. The minimum Gasteiger partial charge on any atom is -0.481 e. The highest BCUT2D eigenvalue weighted by molar-refractivity contribution is 7.13. The van der Waals surface area contributed by atoms with E-state index >= 15 is 0 Å². The van der Waals surface area contributed by atoms with Gasteiger partial charge in [-0.05, 0) is 25.3 Å². The summed E-state index contributed by atoms with van der Waals surface area (Å²) in [5.41, 5.74) is -0.354. The Morgan fingerprint density at radius 2 is 2.28 bits per heavy atom. The largest absolute Gasteiger partial charge is 0.481 e. The molecule has 0 aromatic carbocycles. The van der Waals surface area contributed by atoms with Gasteiger partial charge < -0.3 is 10.4 Å². The zero-order chi connectivity index (χ0) is 13.2. The molecule has 2 aromatic rings. The van der Waals surface area contributed by atoms with Crippen LogP contribution >= 0.6 is 22.7 Å². The minimum absolute atomic E-state index is 0.591. The standard InChI is InChI=1S/C12H14N2O2S2/c1-12(2,10(15)16)9-7-18-11(14-9)13-6-8-4-3-5-17-8/h3-5,7H,6H2,1-2H3,(H,13,14)(H,15,16). The van der Waals surface area contributed by atoms with Crippen LogP contribution in [0.1, 0.15) is 24.4 Å². The first-order valence-electron chi connectivity index (χ1n) is 5.46. The number of carboxylic acid groups (broad SMARTS) is 1. The Morgan fingerprint density at radius 3 is 2.89 bits per heavy atom. The van der Waals surface area contributed by atoms with E-state index in [1.807, 2.05) is 17.5 Å². The molecule has 0 aliphatic carbocycles. The predicted molar refractivity (Wildman–Crippen MR) is 74.4 cm³/mol. The van der Waals surface area contributed by atoms with Crippen LogP contribution in [-0.2, 0) is 16.8 Å². The van der Waals surface area contributed by atoms with E-state index in [4.69, 9.17) is 5.11 Å². The molecule has 0 saturated carbocycles. The first-order valence-corrected chi connectivity index (χ1v) is 7.22. The van der Waals surface area contributed by atoms with Gasteiger partial charge in [-0.15, -0.1) is 22.7 Å². The number of nitrogens with zero attached hydrogens (tertiary/aromatic N) is 1. The average Bonchev–Trinajstić information content (AvgIpc) is 2.97. The van der Waals surface area contributed by atoms with Crippen molar-refractivity contribution in [1.29, 1.82) is 0 Å². The smallest absolute Gasteiger partial charge is 0.315 e. The predicted octanol–water partition coefficient (Wildman–Crippen LogP) is 3.18. The number of anilines is 1. The summed E-state index contributed by atoms with van der Waals surface area (Å²) in [7, 11) is 0. The molecule has 0 unspecified atom stereocenters. The van der Waals surface area contributed by atoms with E-state index in [2.05, 4.69) is 10.3 Å². The van der Waals surface area contributed by atoms with Crippen molar-refractivity contribution in [2.24, 2.45) is 0 Å². The maximum atomic E-state index is 11.1. The van der Waals surface area contributed by atoms with E-state index in [0.717, 1.165) is 11.7 Å². The molecule has 2 heterocycles. The van der Waals surface area contributed by atoms with Gasteiger partial charge >= 0.3 is 5.97 Å². The van der Waals surface area contributed by atoms with Crippen molar-refractivity contribution in [3.63, 3.8) is 0 Å². The lowest BCUT2D eigenvalue weighted by atomic mass is 9.90. The zero-order valence-electron chi connectivity index (χ0n) is 10.1. The molecule has 4 nitrogen and oxygen atoms in total. The van der Waals surface area contributed by atoms with Crippen molar-refractivity contribution < 1.29 is 9.90 Å². The molecule has 0 amide bonds. The third-order valence-corrected chi connectivity index (χ3v) is 4.35. The summed E-state index contributed by atoms with van der Waals surface area (Å²) in [5.74, 6) is -0.863. The molecule has 96 valence electrons. The van der Waals surface area contributed by atoms with Crippen molar-refractivity contribution in [3.8, 4) is 0 Å². The van der Waals surface area contributed by atoms with Crippen molar-refractivity contribution in [1.82, 2.24) is 4.98 Å². The molecule has 6 heteroatoms. The molecule has 0 spiro atoms. The Bertz CT molecular complexity index is 532. The Hall–Kier alpha value is -1.40. The van der Waals surface area contributed by atoms with Gasteiger partial charge in [-0.3, -0.25) is 4.79 Å². The molecule has 2 aromatic heterocycles. The van der Waals surface area contributed by atoms with Crippen LogP contribution in [-0.4, -0.2) is 16.1 Å². The summed E-state index contributed by atoms with van der Waals surface area (Å²) in [5, 5.41) is 16.9. The second-order valence-electron chi connectivity index (χ2n) is 4.40. The quantitative estimate of drug-likeness (QED) is 0.884. The monoisotopic (exact) mass is 282 g/mol. The fourth-order valence-corrected chi connectivity index (χ4v) is 2.85. The summed E-state index contributed by atoms with van der Waals surface area (Å²) in [6.07, 6.45) is 0. The summed E-state index contributed by atoms with van der Waals surface area (Å²) in [6.45, 7) is 4.04. The lowest BCUT2D eigenvalue weighted by Crippen LogP contribution is -2.28. The van der Waals surface area contributed by atoms with E-state index in [-0.39, 0.29) is 0 Å². The Kier molecular flexibility index (Phi) is 3.68. The van der Waals surface area contributed by atoms with Crippen LogP contribution in [0.25, 0.3) is 0 Å². The second-order valence-corrected chi connectivity index (χ2v) is 6.29. The van der Waals surface area contributed by atoms with Gasteiger partial charge in [0.05, 0.1) is 12.2 Å². The van der Waals surface area contributed by atoms with Crippen molar-refractivity contribution in [3.05, 3.63) is 33.5 Å².